The first kappa shape index (κ1) is 19.7. The normalized spacial score (nSPS) is 11.9. The summed E-state index contributed by atoms with van der Waals surface area (Å²) in [7, 11) is 0. The number of fused-ring (bicyclic) bond motifs is 8. The van der Waals surface area contributed by atoms with Crippen molar-refractivity contribution in [1.29, 1.82) is 0 Å². The largest absolute Gasteiger partial charge is 0.291 e. The lowest BCUT2D eigenvalue weighted by molar-refractivity contribution is 1.09. The first-order valence-electron chi connectivity index (χ1n) is 12.0. The molecule has 8 aromatic rings. The Hall–Kier alpha value is -4.54. The summed E-state index contributed by atoms with van der Waals surface area (Å²) in [4.78, 5) is 10.1. The number of aromatic nitrogens is 3. The van der Waals surface area contributed by atoms with Gasteiger partial charge in [-0.15, -0.1) is 11.3 Å². The van der Waals surface area contributed by atoms with Gasteiger partial charge in [0.25, 0.3) is 0 Å². The van der Waals surface area contributed by atoms with Crippen LogP contribution in [0.25, 0.3) is 70.0 Å². The Kier molecular flexibility index (Phi) is 4.10. The Morgan fingerprint density at radius 1 is 0.639 bits per heavy atom. The van der Waals surface area contributed by atoms with Crippen molar-refractivity contribution in [2.45, 2.75) is 0 Å². The fourth-order valence-electron chi connectivity index (χ4n) is 5.37. The third-order valence-electron chi connectivity index (χ3n) is 7.02. The molecule has 4 heterocycles. The molecule has 0 fully saturated rings. The fourth-order valence-corrected chi connectivity index (χ4v) is 6.48. The Balaban J connectivity index is 1.56. The molecule has 4 aromatic heterocycles. The predicted octanol–water partition coefficient (Wildman–Crippen LogP) is 8.76. The Morgan fingerprint density at radius 3 is 2.36 bits per heavy atom. The lowest BCUT2D eigenvalue weighted by Gasteiger charge is -2.09. The van der Waals surface area contributed by atoms with Gasteiger partial charge in [0.2, 0.25) is 0 Å². The van der Waals surface area contributed by atoms with Crippen LogP contribution in [-0.4, -0.2) is 14.5 Å². The monoisotopic (exact) mass is 477 g/mol. The van der Waals surface area contributed by atoms with Gasteiger partial charge in [-0.2, -0.15) is 0 Å². The summed E-state index contributed by atoms with van der Waals surface area (Å²) in [6.45, 7) is 0. The van der Waals surface area contributed by atoms with E-state index in [0.717, 1.165) is 38.9 Å². The van der Waals surface area contributed by atoms with Gasteiger partial charge in [-0.3, -0.25) is 4.57 Å². The van der Waals surface area contributed by atoms with E-state index in [4.69, 9.17) is 9.97 Å². The van der Waals surface area contributed by atoms with Crippen molar-refractivity contribution < 1.29 is 0 Å². The number of hydrogen-bond acceptors (Lipinski definition) is 3. The number of nitrogens with zero attached hydrogens (tertiary/aromatic N) is 3. The first-order valence-corrected chi connectivity index (χ1v) is 12.8. The molecule has 0 aliphatic carbocycles. The fraction of sp³-hybridized carbons (Fsp3) is 0. The predicted molar refractivity (Wildman–Crippen MR) is 152 cm³/mol. The van der Waals surface area contributed by atoms with Gasteiger partial charge in [-0.25, -0.2) is 9.97 Å². The molecule has 0 radical (unpaired) electrons. The van der Waals surface area contributed by atoms with Crippen molar-refractivity contribution in [1.82, 2.24) is 14.5 Å². The molecule has 8 rings (SSSR count). The molecule has 0 atom stereocenters. The van der Waals surface area contributed by atoms with Crippen molar-refractivity contribution in [3.05, 3.63) is 115 Å². The van der Waals surface area contributed by atoms with E-state index in [0.29, 0.717) is 0 Å². The molecule has 4 aromatic carbocycles. The van der Waals surface area contributed by atoms with Crippen molar-refractivity contribution >= 4 is 64.2 Å². The summed E-state index contributed by atoms with van der Waals surface area (Å²) >= 11 is 1.84. The van der Waals surface area contributed by atoms with Crippen molar-refractivity contribution in [2.75, 3.05) is 0 Å². The third-order valence-corrected chi connectivity index (χ3v) is 8.16. The van der Waals surface area contributed by atoms with Crippen LogP contribution < -0.4 is 0 Å². The summed E-state index contributed by atoms with van der Waals surface area (Å²) in [6, 6.07) is 38.4. The third kappa shape index (κ3) is 2.79. The number of pyridine rings is 2. The summed E-state index contributed by atoms with van der Waals surface area (Å²) in [6.07, 6.45) is 1.97. The molecule has 0 unspecified atom stereocenters. The van der Waals surface area contributed by atoms with E-state index in [-0.39, 0.29) is 0 Å². The van der Waals surface area contributed by atoms with Crippen LogP contribution in [0.3, 0.4) is 0 Å². The maximum absolute atomic E-state index is 5.21. The minimum Gasteiger partial charge on any atom is -0.291 e. The quantitative estimate of drug-likeness (QED) is 0.249. The van der Waals surface area contributed by atoms with Crippen LogP contribution in [0.1, 0.15) is 0 Å². The van der Waals surface area contributed by atoms with Crippen molar-refractivity contribution in [3.8, 4) is 17.1 Å². The highest BCUT2D eigenvalue weighted by molar-refractivity contribution is 7.26. The van der Waals surface area contributed by atoms with Gasteiger partial charge in [0, 0.05) is 42.7 Å². The number of rotatable bonds is 2. The molecule has 0 spiro atoms. The van der Waals surface area contributed by atoms with Crippen LogP contribution >= 0.6 is 11.3 Å². The maximum Gasteiger partial charge on any atom is 0.138 e. The highest BCUT2D eigenvalue weighted by Crippen LogP contribution is 2.42. The lowest BCUT2D eigenvalue weighted by Crippen LogP contribution is -1.98. The number of thiophene rings is 1. The molecule has 168 valence electrons. The average Bonchev–Trinajstić information content (AvgIpc) is 3.48. The second-order valence-electron chi connectivity index (χ2n) is 9.09. The SMILES string of the molecule is c1ccc(-c2ccc3c(n2)c2ccc4sc5ccccc5c4c2n3-c2cc3ccccc3cn2)cc1. The second kappa shape index (κ2) is 7.48. The first-order chi connectivity index (χ1) is 17.8. The van der Waals surface area contributed by atoms with E-state index in [1.807, 2.05) is 23.6 Å². The Bertz CT molecular complexity index is 2100. The van der Waals surface area contributed by atoms with Gasteiger partial charge in [0.15, 0.2) is 0 Å². The summed E-state index contributed by atoms with van der Waals surface area (Å²) in [5.41, 5.74) is 5.32. The minimum atomic E-state index is 0.908. The molecule has 4 heteroatoms. The van der Waals surface area contributed by atoms with Crippen molar-refractivity contribution in [3.63, 3.8) is 0 Å². The van der Waals surface area contributed by atoms with Crippen LogP contribution in [0.15, 0.2) is 115 Å². The van der Waals surface area contributed by atoms with Gasteiger partial charge >= 0.3 is 0 Å². The highest BCUT2D eigenvalue weighted by Gasteiger charge is 2.20. The molecule has 0 saturated carbocycles. The van der Waals surface area contributed by atoms with Crippen LogP contribution in [0.5, 0.6) is 0 Å². The summed E-state index contributed by atoms with van der Waals surface area (Å²) < 4.78 is 4.87. The molecule has 3 nitrogen and oxygen atoms in total. The van der Waals surface area contributed by atoms with Crippen LogP contribution in [-0.2, 0) is 0 Å². The lowest BCUT2D eigenvalue weighted by atomic mass is 10.1. The van der Waals surface area contributed by atoms with Crippen LogP contribution in [0.4, 0.5) is 0 Å². The summed E-state index contributed by atoms with van der Waals surface area (Å²) in [5.74, 6) is 0.908. The zero-order chi connectivity index (χ0) is 23.6. The smallest absolute Gasteiger partial charge is 0.138 e. The number of benzene rings is 4. The Labute approximate surface area is 210 Å². The molecular formula is C32H19N3S. The maximum atomic E-state index is 5.21. The van der Waals surface area contributed by atoms with Crippen molar-refractivity contribution in [2.24, 2.45) is 0 Å². The van der Waals surface area contributed by atoms with Crippen LogP contribution in [0, 0.1) is 0 Å². The molecule has 0 aliphatic rings. The average molecular weight is 478 g/mol. The molecule has 0 saturated heterocycles. The van der Waals surface area contributed by atoms with Gasteiger partial charge < -0.3 is 0 Å². The number of hydrogen-bond donors (Lipinski definition) is 0. The van der Waals surface area contributed by atoms with Gasteiger partial charge in [-0.05, 0) is 41.8 Å². The van der Waals surface area contributed by atoms with E-state index in [9.17, 15) is 0 Å². The summed E-state index contributed by atoms with van der Waals surface area (Å²) in [5, 5.41) is 6.00. The Morgan fingerprint density at radius 2 is 1.44 bits per heavy atom. The standard InChI is InChI=1S/C32H19N3S/c1-2-8-20(9-3-1)25-15-16-26-31(34-25)24-14-17-28-30(23-12-6-7-13-27(23)36-28)32(24)35(26)29-18-21-10-4-5-11-22(21)19-33-29/h1-19H. The van der Waals surface area contributed by atoms with E-state index in [2.05, 4.69) is 108 Å². The van der Waals surface area contributed by atoms with E-state index >= 15 is 0 Å². The van der Waals surface area contributed by atoms with E-state index in [1.54, 1.807) is 0 Å². The van der Waals surface area contributed by atoms with Gasteiger partial charge in [-0.1, -0.05) is 72.8 Å². The highest BCUT2D eigenvalue weighted by atomic mass is 32.1. The molecule has 0 aliphatic heterocycles. The van der Waals surface area contributed by atoms with Gasteiger partial charge in [0.05, 0.1) is 22.2 Å². The molecule has 0 N–H and O–H groups in total. The second-order valence-corrected chi connectivity index (χ2v) is 10.2. The molecule has 36 heavy (non-hydrogen) atoms. The van der Waals surface area contributed by atoms with E-state index < -0.39 is 0 Å². The zero-order valence-corrected chi connectivity index (χ0v) is 20.0. The minimum absolute atomic E-state index is 0.908. The van der Waals surface area contributed by atoms with E-state index in [1.165, 1.54) is 31.1 Å². The molecule has 0 bridgehead atoms. The van der Waals surface area contributed by atoms with Crippen LogP contribution in [0.2, 0.25) is 0 Å². The molecular weight excluding hydrogens is 458 g/mol. The molecule has 0 amide bonds. The van der Waals surface area contributed by atoms with Gasteiger partial charge in [0.1, 0.15) is 5.82 Å². The topological polar surface area (TPSA) is 30.7 Å². The zero-order valence-electron chi connectivity index (χ0n) is 19.2.